The molecule has 0 aromatic heterocycles. The van der Waals surface area contributed by atoms with E-state index in [1.54, 1.807) is 12.1 Å². The molecule has 0 spiro atoms. The Hall–Kier alpha value is -1.88. The number of rotatable bonds is 4. The van der Waals surface area contributed by atoms with Crippen LogP contribution in [-0.4, -0.2) is 40.2 Å². The van der Waals surface area contributed by atoms with Crippen LogP contribution in [0.4, 0.5) is 4.79 Å². The van der Waals surface area contributed by atoms with Crippen LogP contribution in [-0.2, 0) is 9.59 Å². The second-order valence-corrected chi connectivity index (χ2v) is 8.36. The van der Waals surface area contributed by atoms with E-state index in [9.17, 15) is 14.4 Å². The Morgan fingerprint density at radius 2 is 1.81 bits per heavy atom. The van der Waals surface area contributed by atoms with Crippen molar-refractivity contribution in [3.8, 4) is 0 Å². The number of hydrogen-bond acceptors (Lipinski definition) is 3. The van der Waals surface area contributed by atoms with Gasteiger partial charge in [-0.05, 0) is 54.7 Å². The number of carbonyl (C=O) groups is 3. The van der Waals surface area contributed by atoms with E-state index in [1.165, 1.54) is 16.2 Å². The summed E-state index contributed by atoms with van der Waals surface area (Å²) in [4.78, 5) is 40.5. The summed E-state index contributed by atoms with van der Waals surface area (Å²) < 4.78 is 0. The zero-order valence-corrected chi connectivity index (χ0v) is 15.6. The number of urea groups is 1. The SMILES string of the molecule is CC(CN1C(=O)CC(=O)N(C2CC3CCC2C3)C1=O)c1ccc(Cl)cc1. The van der Waals surface area contributed by atoms with Gasteiger partial charge in [0.25, 0.3) is 0 Å². The fraction of sp³-hybridized carbons (Fsp3) is 0.550. The van der Waals surface area contributed by atoms with Crippen LogP contribution in [0.3, 0.4) is 0 Å². The van der Waals surface area contributed by atoms with Crippen molar-refractivity contribution < 1.29 is 14.4 Å². The van der Waals surface area contributed by atoms with Crippen molar-refractivity contribution in [3.05, 3.63) is 34.9 Å². The number of benzene rings is 1. The summed E-state index contributed by atoms with van der Waals surface area (Å²) in [7, 11) is 0. The van der Waals surface area contributed by atoms with Gasteiger partial charge in [0.1, 0.15) is 6.42 Å². The molecule has 1 aromatic rings. The quantitative estimate of drug-likeness (QED) is 0.753. The summed E-state index contributed by atoms with van der Waals surface area (Å²) in [6, 6.07) is 6.98. The molecule has 4 amide bonds. The van der Waals surface area contributed by atoms with Gasteiger partial charge >= 0.3 is 6.03 Å². The van der Waals surface area contributed by atoms with E-state index in [1.807, 2.05) is 19.1 Å². The third kappa shape index (κ3) is 3.02. The lowest BCUT2D eigenvalue weighted by Gasteiger charge is -2.39. The van der Waals surface area contributed by atoms with Gasteiger partial charge in [-0.15, -0.1) is 0 Å². The minimum absolute atomic E-state index is 0.0183. The van der Waals surface area contributed by atoms with Gasteiger partial charge in [-0.1, -0.05) is 37.1 Å². The molecule has 2 aliphatic carbocycles. The van der Waals surface area contributed by atoms with Crippen LogP contribution in [0.25, 0.3) is 0 Å². The first-order chi connectivity index (χ1) is 12.4. The molecule has 2 saturated carbocycles. The van der Waals surface area contributed by atoms with Crippen molar-refractivity contribution in [3.63, 3.8) is 0 Å². The Labute approximate surface area is 158 Å². The van der Waals surface area contributed by atoms with E-state index in [4.69, 9.17) is 11.6 Å². The van der Waals surface area contributed by atoms with E-state index in [0.717, 1.165) is 24.8 Å². The largest absolute Gasteiger partial charge is 0.333 e. The third-order valence-corrected chi connectivity index (χ3v) is 6.49. The van der Waals surface area contributed by atoms with Gasteiger partial charge in [0, 0.05) is 17.6 Å². The second kappa shape index (κ2) is 6.69. The summed E-state index contributed by atoms with van der Waals surface area (Å²) in [6.07, 6.45) is 4.09. The maximum atomic E-state index is 13.0. The van der Waals surface area contributed by atoms with Gasteiger partial charge in [-0.2, -0.15) is 0 Å². The summed E-state index contributed by atoms with van der Waals surface area (Å²) >= 11 is 5.93. The maximum absolute atomic E-state index is 13.0. The molecule has 0 radical (unpaired) electrons. The summed E-state index contributed by atoms with van der Waals surface area (Å²) in [5.74, 6) is 0.310. The molecule has 0 N–H and O–H groups in total. The fourth-order valence-corrected chi connectivity index (χ4v) is 4.98. The number of barbiturate groups is 1. The van der Waals surface area contributed by atoms with Crippen LogP contribution >= 0.6 is 11.6 Å². The average Bonchev–Trinajstić information content (AvgIpc) is 3.22. The number of halogens is 1. The van der Waals surface area contributed by atoms with Crippen molar-refractivity contribution in [1.82, 2.24) is 9.80 Å². The smallest absolute Gasteiger partial charge is 0.274 e. The van der Waals surface area contributed by atoms with E-state index in [2.05, 4.69) is 0 Å². The van der Waals surface area contributed by atoms with E-state index in [-0.39, 0.29) is 36.7 Å². The number of nitrogens with zero attached hydrogens (tertiary/aromatic N) is 2. The van der Waals surface area contributed by atoms with Gasteiger partial charge in [0.2, 0.25) is 11.8 Å². The van der Waals surface area contributed by atoms with E-state index < -0.39 is 6.03 Å². The van der Waals surface area contributed by atoms with Crippen LogP contribution in [0.2, 0.25) is 5.02 Å². The lowest BCUT2D eigenvalue weighted by Crippen LogP contribution is -2.59. The average molecular weight is 375 g/mol. The lowest BCUT2D eigenvalue weighted by atomic mass is 9.93. The van der Waals surface area contributed by atoms with Gasteiger partial charge in [-0.25, -0.2) is 4.79 Å². The molecular formula is C20H23ClN2O3. The van der Waals surface area contributed by atoms with Crippen LogP contribution in [0.15, 0.2) is 24.3 Å². The highest BCUT2D eigenvalue weighted by Gasteiger charge is 2.49. The summed E-state index contributed by atoms with van der Waals surface area (Å²) in [6.45, 7) is 2.26. The van der Waals surface area contributed by atoms with Crippen LogP contribution < -0.4 is 0 Å². The van der Waals surface area contributed by atoms with Crippen molar-refractivity contribution in [1.29, 1.82) is 0 Å². The molecule has 1 aliphatic heterocycles. The molecular weight excluding hydrogens is 352 g/mol. The molecule has 4 rings (SSSR count). The number of imide groups is 2. The minimum Gasteiger partial charge on any atom is -0.274 e. The highest BCUT2D eigenvalue weighted by atomic mass is 35.5. The standard InChI is InChI=1S/C20H23ClN2O3/c1-12(14-4-6-16(21)7-5-14)11-22-18(24)10-19(25)23(20(22)26)17-9-13-2-3-15(17)8-13/h4-7,12-13,15,17H,2-3,8-11H2,1H3. The molecule has 26 heavy (non-hydrogen) atoms. The van der Waals surface area contributed by atoms with Crippen molar-refractivity contribution >= 4 is 29.4 Å². The van der Waals surface area contributed by atoms with Crippen molar-refractivity contribution in [2.24, 2.45) is 11.8 Å². The van der Waals surface area contributed by atoms with Crippen molar-refractivity contribution in [2.45, 2.75) is 51.0 Å². The molecule has 1 saturated heterocycles. The highest BCUT2D eigenvalue weighted by Crippen LogP contribution is 2.47. The number of hydrogen-bond donors (Lipinski definition) is 0. The van der Waals surface area contributed by atoms with Crippen LogP contribution in [0, 0.1) is 11.8 Å². The lowest BCUT2D eigenvalue weighted by molar-refractivity contribution is -0.144. The fourth-order valence-electron chi connectivity index (χ4n) is 4.86. The third-order valence-electron chi connectivity index (χ3n) is 6.24. The zero-order chi connectivity index (χ0) is 18.4. The van der Waals surface area contributed by atoms with Gasteiger partial charge in [-0.3, -0.25) is 19.4 Å². The van der Waals surface area contributed by atoms with Gasteiger partial charge < -0.3 is 0 Å². The monoisotopic (exact) mass is 374 g/mol. The Balaban J connectivity index is 1.51. The molecule has 2 bridgehead atoms. The molecule has 4 atom stereocenters. The van der Waals surface area contributed by atoms with Crippen molar-refractivity contribution in [2.75, 3.05) is 6.54 Å². The topological polar surface area (TPSA) is 57.7 Å². The second-order valence-electron chi connectivity index (χ2n) is 7.92. The molecule has 3 fully saturated rings. The number of fused-ring (bicyclic) bond motifs is 2. The Morgan fingerprint density at radius 3 is 2.42 bits per heavy atom. The van der Waals surface area contributed by atoms with Gasteiger partial charge in [0.05, 0.1) is 0 Å². The Kier molecular flexibility index (Phi) is 4.51. The molecule has 6 heteroatoms. The first-order valence-electron chi connectivity index (χ1n) is 9.36. The first-order valence-corrected chi connectivity index (χ1v) is 9.73. The Morgan fingerprint density at radius 1 is 1.08 bits per heavy atom. The van der Waals surface area contributed by atoms with Crippen LogP contribution in [0.5, 0.6) is 0 Å². The van der Waals surface area contributed by atoms with E-state index in [0.29, 0.717) is 16.9 Å². The van der Waals surface area contributed by atoms with Gasteiger partial charge in [0.15, 0.2) is 0 Å². The molecule has 3 aliphatic rings. The zero-order valence-electron chi connectivity index (χ0n) is 14.9. The highest BCUT2D eigenvalue weighted by molar-refractivity contribution is 6.30. The molecule has 138 valence electrons. The number of amides is 4. The summed E-state index contributed by atoms with van der Waals surface area (Å²) in [5, 5.41) is 0.652. The maximum Gasteiger partial charge on any atom is 0.333 e. The predicted molar refractivity (Wildman–Crippen MR) is 97.7 cm³/mol. The first kappa shape index (κ1) is 17.5. The normalized spacial score (nSPS) is 29.6. The summed E-state index contributed by atoms with van der Waals surface area (Å²) in [5.41, 5.74) is 1.01. The molecule has 1 heterocycles. The number of carbonyl (C=O) groups excluding carboxylic acids is 3. The minimum atomic E-state index is -0.426. The Bertz CT molecular complexity index is 748. The molecule has 1 aromatic carbocycles. The van der Waals surface area contributed by atoms with Crippen LogP contribution in [0.1, 0.15) is 50.5 Å². The van der Waals surface area contributed by atoms with E-state index >= 15 is 0 Å². The molecule has 5 nitrogen and oxygen atoms in total. The molecule has 4 unspecified atom stereocenters. The predicted octanol–water partition coefficient (Wildman–Crippen LogP) is 3.81.